The molecule has 0 saturated carbocycles. The van der Waals surface area contributed by atoms with Crippen LogP contribution < -0.4 is 10.6 Å². The molecule has 0 fully saturated rings. The van der Waals surface area contributed by atoms with Crippen LogP contribution in [0.25, 0.3) is 0 Å². The second-order valence-electron chi connectivity index (χ2n) is 10.7. The number of aryl methyl sites for hydroxylation is 1. The van der Waals surface area contributed by atoms with E-state index in [1.165, 1.54) is 4.90 Å². The fraction of sp³-hybridized carbons (Fsp3) is 0.679. The van der Waals surface area contributed by atoms with Crippen molar-refractivity contribution >= 4 is 29.7 Å². The molecule has 0 spiro atoms. The highest BCUT2D eigenvalue weighted by Gasteiger charge is 2.37. The molecular formula is C28H47N3O5S. The van der Waals surface area contributed by atoms with Gasteiger partial charge in [0.25, 0.3) is 0 Å². The Hall–Kier alpha value is -2.42. The topological polar surface area (TPSA) is 108 Å². The summed E-state index contributed by atoms with van der Waals surface area (Å²) in [6.45, 7) is 13.2. The van der Waals surface area contributed by atoms with E-state index >= 15 is 0 Å². The van der Waals surface area contributed by atoms with Gasteiger partial charge in [-0.2, -0.15) is 11.8 Å². The summed E-state index contributed by atoms with van der Waals surface area (Å²) in [5.41, 5.74) is 0.260. The van der Waals surface area contributed by atoms with Crippen LogP contribution in [-0.4, -0.2) is 64.2 Å². The standard InChI is InChI=1S/C28H47N3O5S/c1-9-10-11-12-17-31(26(34)22(16-18-37-8)30-27(35)36-28(5,6)7)23(25(33)29-19(2)3)21-15-13-14-20(4)24(21)32/h13-15,19,22-23,32H,9-12,16-18H2,1-8H3,(H,29,33)(H,30,35). The number of aromatic hydroxyl groups is 1. The summed E-state index contributed by atoms with van der Waals surface area (Å²) < 4.78 is 5.42. The molecular weight excluding hydrogens is 490 g/mol. The highest BCUT2D eigenvalue weighted by atomic mass is 32.2. The van der Waals surface area contributed by atoms with E-state index in [4.69, 9.17) is 4.74 Å². The molecule has 1 rings (SSSR count). The number of alkyl carbamates (subject to hydrolysis) is 1. The van der Waals surface area contributed by atoms with Gasteiger partial charge in [-0.25, -0.2) is 4.79 Å². The number of nitrogens with one attached hydrogen (secondary N) is 2. The minimum absolute atomic E-state index is 0.0153. The maximum absolute atomic E-state index is 14.1. The number of carbonyl (C=O) groups is 3. The van der Waals surface area contributed by atoms with Crippen LogP contribution in [0.4, 0.5) is 4.79 Å². The normalized spacial score (nSPS) is 13.1. The Morgan fingerprint density at radius 1 is 1.11 bits per heavy atom. The van der Waals surface area contributed by atoms with E-state index in [1.54, 1.807) is 57.7 Å². The van der Waals surface area contributed by atoms with Crippen molar-refractivity contribution in [1.29, 1.82) is 0 Å². The molecule has 37 heavy (non-hydrogen) atoms. The quantitative estimate of drug-likeness (QED) is 0.277. The lowest BCUT2D eigenvalue weighted by atomic mass is 9.98. The van der Waals surface area contributed by atoms with Crippen LogP contribution in [0.2, 0.25) is 0 Å². The highest BCUT2D eigenvalue weighted by Crippen LogP contribution is 2.33. The molecule has 1 aromatic carbocycles. The number of rotatable bonds is 14. The van der Waals surface area contributed by atoms with Crippen LogP contribution in [0.5, 0.6) is 5.75 Å². The zero-order chi connectivity index (χ0) is 28.2. The van der Waals surface area contributed by atoms with Gasteiger partial charge in [0.1, 0.15) is 23.4 Å². The van der Waals surface area contributed by atoms with Gasteiger partial charge in [0, 0.05) is 18.2 Å². The highest BCUT2D eigenvalue weighted by molar-refractivity contribution is 7.98. The average molecular weight is 538 g/mol. The number of unbranched alkanes of at least 4 members (excludes halogenated alkanes) is 3. The lowest BCUT2D eigenvalue weighted by Crippen LogP contribution is -2.54. The number of nitrogens with zero attached hydrogens (tertiary/aromatic N) is 1. The Labute approximate surface area is 227 Å². The first-order chi connectivity index (χ1) is 17.3. The molecule has 3 N–H and O–H groups in total. The second-order valence-corrected chi connectivity index (χ2v) is 11.6. The molecule has 0 saturated heterocycles. The average Bonchev–Trinajstić information content (AvgIpc) is 2.79. The van der Waals surface area contributed by atoms with Crippen molar-refractivity contribution in [3.05, 3.63) is 29.3 Å². The fourth-order valence-electron chi connectivity index (χ4n) is 3.93. The number of hydrogen-bond acceptors (Lipinski definition) is 6. The predicted molar refractivity (Wildman–Crippen MR) is 151 cm³/mol. The van der Waals surface area contributed by atoms with Crippen LogP contribution in [-0.2, 0) is 14.3 Å². The Morgan fingerprint density at radius 3 is 2.35 bits per heavy atom. The first-order valence-electron chi connectivity index (χ1n) is 13.2. The molecule has 0 bridgehead atoms. The van der Waals surface area contributed by atoms with Crippen molar-refractivity contribution in [1.82, 2.24) is 15.5 Å². The monoisotopic (exact) mass is 537 g/mol. The van der Waals surface area contributed by atoms with Gasteiger partial charge < -0.3 is 25.4 Å². The first kappa shape index (κ1) is 32.6. The van der Waals surface area contributed by atoms with E-state index in [0.717, 1.165) is 19.3 Å². The lowest BCUT2D eigenvalue weighted by molar-refractivity contribution is -0.142. The number of para-hydroxylation sites is 1. The molecule has 1 aromatic rings. The van der Waals surface area contributed by atoms with Crippen LogP contribution in [0.15, 0.2) is 18.2 Å². The molecule has 0 aliphatic heterocycles. The molecule has 0 heterocycles. The number of amides is 3. The molecule has 0 radical (unpaired) electrons. The van der Waals surface area contributed by atoms with Crippen molar-refractivity contribution < 1.29 is 24.2 Å². The smallest absolute Gasteiger partial charge is 0.408 e. The molecule has 2 unspecified atom stereocenters. The summed E-state index contributed by atoms with van der Waals surface area (Å²) in [4.78, 5) is 41.8. The number of benzene rings is 1. The SMILES string of the molecule is CCCCCCN(C(=O)C(CCSC)NC(=O)OC(C)(C)C)C(C(=O)NC(C)C)c1cccc(C)c1O. The third kappa shape index (κ3) is 11.2. The van der Waals surface area contributed by atoms with E-state index in [2.05, 4.69) is 17.6 Å². The van der Waals surface area contributed by atoms with Gasteiger partial charge in [-0.3, -0.25) is 9.59 Å². The van der Waals surface area contributed by atoms with E-state index < -0.39 is 23.8 Å². The predicted octanol–water partition coefficient (Wildman–Crippen LogP) is 5.32. The molecule has 9 heteroatoms. The number of carbonyl (C=O) groups excluding carboxylic acids is 3. The molecule has 210 valence electrons. The Balaban J connectivity index is 3.52. The van der Waals surface area contributed by atoms with Crippen LogP contribution in [0.1, 0.15) is 90.8 Å². The van der Waals surface area contributed by atoms with Crippen molar-refractivity contribution in [2.24, 2.45) is 0 Å². The molecule has 3 amide bonds. The summed E-state index contributed by atoms with van der Waals surface area (Å²) in [6.07, 6.45) is 5.25. The summed E-state index contributed by atoms with van der Waals surface area (Å²) in [6, 6.07) is 3.12. The number of phenols is 1. The van der Waals surface area contributed by atoms with Crippen LogP contribution in [0, 0.1) is 6.92 Å². The lowest BCUT2D eigenvalue weighted by Gasteiger charge is -2.35. The van der Waals surface area contributed by atoms with E-state index in [0.29, 0.717) is 36.3 Å². The Morgan fingerprint density at radius 2 is 1.78 bits per heavy atom. The first-order valence-corrected chi connectivity index (χ1v) is 14.6. The van der Waals surface area contributed by atoms with Crippen molar-refractivity contribution in [3.8, 4) is 5.75 Å². The zero-order valence-electron chi connectivity index (χ0n) is 23.8. The van der Waals surface area contributed by atoms with Crippen molar-refractivity contribution in [2.45, 2.75) is 104 Å². The third-order valence-electron chi connectivity index (χ3n) is 5.69. The van der Waals surface area contributed by atoms with Gasteiger partial charge in [0.2, 0.25) is 11.8 Å². The van der Waals surface area contributed by atoms with Crippen molar-refractivity contribution in [3.63, 3.8) is 0 Å². The number of ether oxygens (including phenoxy) is 1. The number of thioether (sulfide) groups is 1. The van der Waals surface area contributed by atoms with E-state index in [1.807, 2.05) is 20.1 Å². The maximum atomic E-state index is 14.1. The van der Waals surface area contributed by atoms with Crippen LogP contribution in [0.3, 0.4) is 0 Å². The maximum Gasteiger partial charge on any atom is 0.408 e. The second kappa shape index (κ2) is 15.7. The molecule has 2 atom stereocenters. The summed E-state index contributed by atoms with van der Waals surface area (Å²) in [5.74, 6) is -0.130. The molecule has 0 aliphatic carbocycles. The Bertz CT molecular complexity index is 885. The Kier molecular flexibility index (Phi) is 13.9. The summed E-state index contributed by atoms with van der Waals surface area (Å²) in [5, 5.41) is 16.6. The number of hydrogen-bond donors (Lipinski definition) is 3. The van der Waals surface area contributed by atoms with Gasteiger partial charge in [0.05, 0.1) is 0 Å². The minimum atomic E-state index is -1.05. The van der Waals surface area contributed by atoms with E-state index in [-0.39, 0.29) is 23.6 Å². The summed E-state index contributed by atoms with van der Waals surface area (Å²) >= 11 is 1.57. The van der Waals surface area contributed by atoms with Gasteiger partial charge in [-0.15, -0.1) is 0 Å². The van der Waals surface area contributed by atoms with Gasteiger partial charge in [-0.1, -0.05) is 44.4 Å². The molecule has 0 aliphatic rings. The van der Waals surface area contributed by atoms with Crippen LogP contribution >= 0.6 is 11.8 Å². The molecule has 0 aromatic heterocycles. The van der Waals surface area contributed by atoms with E-state index in [9.17, 15) is 19.5 Å². The molecule has 8 nitrogen and oxygen atoms in total. The minimum Gasteiger partial charge on any atom is -0.507 e. The largest absolute Gasteiger partial charge is 0.507 e. The number of phenolic OH excluding ortho intramolecular Hbond substituents is 1. The third-order valence-corrected chi connectivity index (χ3v) is 6.33. The van der Waals surface area contributed by atoms with Gasteiger partial charge in [-0.05, 0) is 72.0 Å². The van der Waals surface area contributed by atoms with Gasteiger partial charge in [0.15, 0.2) is 0 Å². The van der Waals surface area contributed by atoms with Gasteiger partial charge >= 0.3 is 6.09 Å². The van der Waals surface area contributed by atoms with Crippen molar-refractivity contribution in [2.75, 3.05) is 18.6 Å². The summed E-state index contributed by atoms with van der Waals surface area (Å²) in [7, 11) is 0. The fourth-order valence-corrected chi connectivity index (χ4v) is 4.41. The zero-order valence-corrected chi connectivity index (χ0v) is 24.7.